The lowest BCUT2D eigenvalue weighted by Gasteiger charge is -1.89. The number of rotatable bonds is 2. The van der Waals surface area contributed by atoms with E-state index in [1.807, 2.05) is 31.2 Å². The molecule has 0 unspecified atom stereocenters. The van der Waals surface area contributed by atoms with Gasteiger partial charge in [-0.2, -0.15) is 0 Å². The van der Waals surface area contributed by atoms with Crippen LogP contribution in [0.5, 0.6) is 0 Å². The van der Waals surface area contributed by atoms with Crippen LogP contribution in [0.3, 0.4) is 0 Å². The van der Waals surface area contributed by atoms with Gasteiger partial charge in [0.05, 0.1) is 4.92 Å². The standard InChI is InChI=1S/C11H9NO2S/c1-8-9-4-2-3-5-11(9)15-10(8)6-7-12(13)14/h2-7H,1H3/b7-6+. The second kappa shape index (κ2) is 3.82. The SMILES string of the molecule is Cc1c(/C=C/[N+](=O)[O-])sc2ccccc12. The van der Waals surface area contributed by atoms with Gasteiger partial charge in [-0.15, -0.1) is 11.3 Å². The molecule has 2 aromatic rings. The molecular formula is C11H9NO2S. The van der Waals surface area contributed by atoms with Crippen molar-refractivity contribution in [2.45, 2.75) is 6.92 Å². The topological polar surface area (TPSA) is 43.1 Å². The number of fused-ring (bicyclic) bond motifs is 1. The lowest BCUT2D eigenvalue weighted by Crippen LogP contribution is -1.81. The minimum Gasteiger partial charge on any atom is -0.259 e. The first-order valence-corrected chi connectivity index (χ1v) is 5.30. The second-order valence-electron chi connectivity index (χ2n) is 3.19. The molecule has 1 aromatic carbocycles. The minimum absolute atomic E-state index is 0.441. The third-order valence-corrected chi connectivity index (χ3v) is 3.47. The fourth-order valence-corrected chi connectivity index (χ4v) is 2.59. The lowest BCUT2D eigenvalue weighted by molar-refractivity contribution is -0.400. The zero-order chi connectivity index (χ0) is 10.8. The number of hydrogen-bond donors (Lipinski definition) is 0. The van der Waals surface area contributed by atoms with Gasteiger partial charge in [0.25, 0.3) is 0 Å². The summed E-state index contributed by atoms with van der Waals surface area (Å²) in [5.74, 6) is 0. The number of nitro groups is 1. The van der Waals surface area contributed by atoms with E-state index in [2.05, 4.69) is 0 Å². The number of benzene rings is 1. The van der Waals surface area contributed by atoms with Gasteiger partial charge < -0.3 is 0 Å². The molecule has 76 valence electrons. The number of thiophene rings is 1. The molecule has 0 radical (unpaired) electrons. The van der Waals surface area contributed by atoms with Gasteiger partial charge in [0.15, 0.2) is 0 Å². The third-order valence-electron chi connectivity index (χ3n) is 2.23. The van der Waals surface area contributed by atoms with E-state index < -0.39 is 4.92 Å². The first kappa shape index (κ1) is 9.86. The van der Waals surface area contributed by atoms with Gasteiger partial charge in [0.1, 0.15) is 0 Å². The first-order valence-electron chi connectivity index (χ1n) is 4.48. The number of aryl methyl sites for hydroxylation is 1. The summed E-state index contributed by atoms with van der Waals surface area (Å²) in [6, 6.07) is 8.00. The van der Waals surface area contributed by atoms with E-state index >= 15 is 0 Å². The maximum atomic E-state index is 10.2. The van der Waals surface area contributed by atoms with Gasteiger partial charge >= 0.3 is 0 Å². The molecule has 0 aliphatic heterocycles. The maximum absolute atomic E-state index is 10.2. The molecule has 0 saturated heterocycles. The molecule has 0 aliphatic rings. The first-order chi connectivity index (χ1) is 7.18. The average Bonchev–Trinajstić information content (AvgIpc) is 2.54. The van der Waals surface area contributed by atoms with Crippen LogP contribution in [-0.4, -0.2) is 4.92 Å². The van der Waals surface area contributed by atoms with Crippen LogP contribution in [0, 0.1) is 17.0 Å². The lowest BCUT2D eigenvalue weighted by atomic mass is 10.1. The van der Waals surface area contributed by atoms with Crippen LogP contribution >= 0.6 is 11.3 Å². The van der Waals surface area contributed by atoms with Crippen molar-refractivity contribution in [3.05, 3.63) is 51.0 Å². The van der Waals surface area contributed by atoms with Crippen molar-refractivity contribution in [2.24, 2.45) is 0 Å². The highest BCUT2D eigenvalue weighted by Gasteiger charge is 2.05. The summed E-state index contributed by atoms with van der Waals surface area (Å²) in [4.78, 5) is 10.7. The Morgan fingerprint density at radius 1 is 1.40 bits per heavy atom. The zero-order valence-corrected chi connectivity index (χ0v) is 8.95. The summed E-state index contributed by atoms with van der Waals surface area (Å²) in [5, 5.41) is 11.4. The summed E-state index contributed by atoms with van der Waals surface area (Å²) in [7, 11) is 0. The fourth-order valence-electron chi connectivity index (χ4n) is 1.48. The molecule has 1 heterocycles. The smallest absolute Gasteiger partial charge is 0.235 e. The Hall–Kier alpha value is -1.68. The number of nitrogens with zero attached hydrogens (tertiary/aromatic N) is 1. The Labute approximate surface area is 90.8 Å². The van der Waals surface area contributed by atoms with Gasteiger partial charge in [-0.05, 0) is 23.9 Å². The van der Waals surface area contributed by atoms with Crippen LogP contribution in [0.1, 0.15) is 10.4 Å². The second-order valence-corrected chi connectivity index (χ2v) is 4.27. The van der Waals surface area contributed by atoms with Gasteiger partial charge in [-0.1, -0.05) is 18.2 Å². The van der Waals surface area contributed by atoms with Crippen molar-refractivity contribution in [2.75, 3.05) is 0 Å². The summed E-state index contributed by atoms with van der Waals surface area (Å²) < 4.78 is 1.16. The molecule has 3 nitrogen and oxygen atoms in total. The molecular weight excluding hydrogens is 210 g/mol. The van der Waals surface area contributed by atoms with Crippen LogP contribution < -0.4 is 0 Å². The Morgan fingerprint density at radius 2 is 2.13 bits per heavy atom. The van der Waals surface area contributed by atoms with E-state index in [1.54, 1.807) is 17.4 Å². The molecule has 0 aliphatic carbocycles. The van der Waals surface area contributed by atoms with Crippen molar-refractivity contribution in [3.8, 4) is 0 Å². The van der Waals surface area contributed by atoms with Crippen LogP contribution in [0.2, 0.25) is 0 Å². The van der Waals surface area contributed by atoms with E-state index in [-0.39, 0.29) is 0 Å². The molecule has 0 saturated carbocycles. The summed E-state index contributed by atoms with van der Waals surface area (Å²) >= 11 is 1.57. The maximum Gasteiger partial charge on any atom is 0.235 e. The van der Waals surface area contributed by atoms with E-state index in [1.165, 1.54) is 5.39 Å². The highest BCUT2D eigenvalue weighted by Crippen LogP contribution is 2.31. The zero-order valence-electron chi connectivity index (χ0n) is 8.14. The highest BCUT2D eigenvalue weighted by atomic mass is 32.1. The largest absolute Gasteiger partial charge is 0.259 e. The molecule has 0 spiro atoms. The monoisotopic (exact) mass is 219 g/mol. The van der Waals surface area contributed by atoms with E-state index in [9.17, 15) is 10.1 Å². The Balaban J connectivity index is 2.53. The minimum atomic E-state index is -0.441. The quantitative estimate of drug-likeness (QED) is 0.573. The molecule has 1 aromatic heterocycles. The normalized spacial score (nSPS) is 11.3. The van der Waals surface area contributed by atoms with Crippen LogP contribution in [0.15, 0.2) is 30.5 Å². The number of hydrogen-bond acceptors (Lipinski definition) is 3. The molecule has 4 heteroatoms. The van der Waals surface area contributed by atoms with Crippen molar-refractivity contribution in [1.82, 2.24) is 0 Å². The molecule has 2 rings (SSSR count). The van der Waals surface area contributed by atoms with E-state index in [0.717, 1.165) is 21.3 Å². The summed E-state index contributed by atoms with van der Waals surface area (Å²) in [6.07, 6.45) is 2.54. The Bertz CT molecular complexity index is 543. The van der Waals surface area contributed by atoms with Crippen molar-refractivity contribution < 1.29 is 4.92 Å². The highest BCUT2D eigenvalue weighted by molar-refractivity contribution is 7.20. The van der Waals surface area contributed by atoms with Gasteiger partial charge in [-0.3, -0.25) is 10.1 Å². The van der Waals surface area contributed by atoms with Crippen molar-refractivity contribution >= 4 is 27.5 Å². The van der Waals surface area contributed by atoms with Gasteiger partial charge in [-0.25, -0.2) is 0 Å². The fraction of sp³-hybridized carbons (Fsp3) is 0.0909. The van der Waals surface area contributed by atoms with Gasteiger partial charge in [0, 0.05) is 15.7 Å². The predicted octanol–water partition coefficient (Wildman–Crippen LogP) is 3.46. The Kier molecular flexibility index (Phi) is 2.51. The molecule has 0 amide bonds. The van der Waals surface area contributed by atoms with Crippen LogP contribution in [0.4, 0.5) is 0 Å². The van der Waals surface area contributed by atoms with Crippen molar-refractivity contribution in [1.29, 1.82) is 0 Å². The predicted molar refractivity (Wildman–Crippen MR) is 62.6 cm³/mol. The van der Waals surface area contributed by atoms with Crippen LogP contribution in [-0.2, 0) is 0 Å². The third kappa shape index (κ3) is 1.89. The molecule has 15 heavy (non-hydrogen) atoms. The van der Waals surface area contributed by atoms with Gasteiger partial charge in [0.2, 0.25) is 6.20 Å². The molecule has 0 fully saturated rings. The van der Waals surface area contributed by atoms with E-state index in [0.29, 0.717) is 0 Å². The van der Waals surface area contributed by atoms with E-state index in [4.69, 9.17) is 0 Å². The average molecular weight is 219 g/mol. The molecule has 0 bridgehead atoms. The summed E-state index contributed by atoms with van der Waals surface area (Å²) in [6.45, 7) is 1.98. The molecule has 0 N–H and O–H groups in total. The summed E-state index contributed by atoms with van der Waals surface area (Å²) in [5.41, 5.74) is 1.11. The van der Waals surface area contributed by atoms with Crippen molar-refractivity contribution in [3.63, 3.8) is 0 Å². The Morgan fingerprint density at radius 3 is 2.80 bits per heavy atom. The molecule has 0 atom stereocenters. The van der Waals surface area contributed by atoms with Crippen LogP contribution in [0.25, 0.3) is 16.2 Å².